The van der Waals surface area contributed by atoms with E-state index in [2.05, 4.69) is 49.2 Å². The molecule has 0 radical (unpaired) electrons. The van der Waals surface area contributed by atoms with E-state index in [1.807, 2.05) is 13.0 Å². The highest BCUT2D eigenvalue weighted by Crippen LogP contribution is 2.38. The Labute approximate surface area is 213 Å². The molecule has 0 bridgehead atoms. The van der Waals surface area contributed by atoms with E-state index < -0.39 is 0 Å². The quantitative estimate of drug-likeness (QED) is 0.397. The number of thiazole rings is 1. The number of piperazine rings is 1. The second kappa shape index (κ2) is 9.76. The lowest BCUT2D eigenvalue weighted by atomic mass is 10.1. The SMILES string of the molecule is C[C@@H](Oc1cc(N2CCN(C)CC2)cc2ncnc(Nc3ccc4ncsc4c3F)c12)[C@H]1CCCO1. The Morgan fingerprint density at radius 3 is 2.81 bits per heavy atom. The van der Waals surface area contributed by atoms with Gasteiger partial charge >= 0.3 is 0 Å². The summed E-state index contributed by atoms with van der Waals surface area (Å²) in [5.74, 6) is 0.833. The van der Waals surface area contributed by atoms with Crippen LogP contribution in [0.25, 0.3) is 21.1 Å². The third kappa shape index (κ3) is 4.44. The van der Waals surface area contributed by atoms with E-state index in [-0.39, 0.29) is 18.0 Å². The summed E-state index contributed by atoms with van der Waals surface area (Å²) >= 11 is 1.28. The van der Waals surface area contributed by atoms with Crippen LogP contribution < -0.4 is 15.0 Å². The fraction of sp³-hybridized carbons (Fsp3) is 0.423. The van der Waals surface area contributed by atoms with Gasteiger partial charge in [0, 0.05) is 44.5 Å². The third-order valence-corrected chi connectivity index (χ3v) is 7.88. The third-order valence-electron chi connectivity index (χ3n) is 7.05. The van der Waals surface area contributed by atoms with Crippen LogP contribution in [0.4, 0.5) is 21.6 Å². The number of rotatable bonds is 6. The number of nitrogens with zero attached hydrogens (tertiary/aromatic N) is 5. The Morgan fingerprint density at radius 1 is 1.14 bits per heavy atom. The highest BCUT2D eigenvalue weighted by Gasteiger charge is 2.26. The fourth-order valence-corrected chi connectivity index (χ4v) is 5.67. The van der Waals surface area contributed by atoms with Gasteiger partial charge in [-0.1, -0.05) is 0 Å². The van der Waals surface area contributed by atoms with Crippen molar-refractivity contribution in [1.29, 1.82) is 0 Å². The van der Waals surface area contributed by atoms with Crippen molar-refractivity contribution in [3.8, 4) is 5.75 Å². The van der Waals surface area contributed by atoms with E-state index in [0.29, 0.717) is 27.5 Å². The summed E-state index contributed by atoms with van der Waals surface area (Å²) < 4.78 is 28.2. The summed E-state index contributed by atoms with van der Waals surface area (Å²) in [7, 11) is 2.14. The van der Waals surface area contributed by atoms with Gasteiger partial charge in [-0.15, -0.1) is 11.3 Å². The van der Waals surface area contributed by atoms with Crippen molar-refractivity contribution < 1.29 is 13.9 Å². The van der Waals surface area contributed by atoms with Crippen molar-refractivity contribution in [1.82, 2.24) is 19.9 Å². The molecule has 188 valence electrons. The van der Waals surface area contributed by atoms with Gasteiger partial charge in [0.25, 0.3) is 0 Å². The molecule has 2 aromatic heterocycles. The lowest BCUT2D eigenvalue weighted by Crippen LogP contribution is -2.44. The van der Waals surface area contributed by atoms with Crippen LogP contribution in [0.5, 0.6) is 5.75 Å². The van der Waals surface area contributed by atoms with Crippen LogP contribution in [0, 0.1) is 5.82 Å². The largest absolute Gasteiger partial charge is 0.487 e. The molecule has 4 aromatic rings. The Hall–Kier alpha value is -3.08. The van der Waals surface area contributed by atoms with Crippen LogP contribution in [0.2, 0.25) is 0 Å². The van der Waals surface area contributed by atoms with Crippen molar-refractivity contribution >= 4 is 49.6 Å². The molecular formula is C26H29FN6O2S. The molecular weight excluding hydrogens is 479 g/mol. The molecule has 2 aliphatic rings. The summed E-state index contributed by atoms with van der Waals surface area (Å²) in [6, 6.07) is 7.64. The van der Waals surface area contributed by atoms with Crippen LogP contribution in [0.1, 0.15) is 19.8 Å². The molecule has 0 amide bonds. The molecule has 0 unspecified atom stereocenters. The highest BCUT2D eigenvalue weighted by molar-refractivity contribution is 7.16. The molecule has 0 spiro atoms. The van der Waals surface area contributed by atoms with E-state index in [0.717, 1.165) is 62.2 Å². The first-order valence-electron chi connectivity index (χ1n) is 12.4. The Kier molecular flexibility index (Phi) is 6.32. The zero-order chi connectivity index (χ0) is 24.6. The van der Waals surface area contributed by atoms with Gasteiger partial charge in [0.05, 0.1) is 38.4 Å². The molecule has 1 N–H and O–H groups in total. The summed E-state index contributed by atoms with van der Waals surface area (Å²) in [6.45, 7) is 6.65. The van der Waals surface area contributed by atoms with Gasteiger partial charge in [0.1, 0.15) is 24.0 Å². The smallest absolute Gasteiger partial charge is 0.166 e. The van der Waals surface area contributed by atoms with Gasteiger partial charge in [0.15, 0.2) is 5.82 Å². The molecule has 10 heteroatoms. The van der Waals surface area contributed by atoms with Gasteiger partial charge < -0.3 is 24.6 Å². The molecule has 8 nitrogen and oxygen atoms in total. The molecule has 4 heterocycles. The number of ether oxygens (including phenoxy) is 2. The maximum absolute atomic E-state index is 15.2. The van der Waals surface area contributed by atoms with E-state index in [9.17, 15) is 0 Å². The molecule has 36 heavy (non-hydrogen) atoms. The maximum Gasteiger partial charge on any atom is 0.166 e. The van der Waals surface area contributed by atoms with E-state index >= 15 is 4.39 Å². The predicted octanol–water partition coefficient (Wildman–Crippen LogP) is 4.82. The molecule has 2 fully saturated rings. The predicted molar refractivity (Wildman–Crippen MR) is 141 cm³/mol. The van der Waals surface area contributed by atoms with Crippen LogP contribution >= 0.6 is 11.3 Å². The maximum atomic E-state index is 15.2. The summed E-state index contributed by atoms with van der Waals surface area (Å²) in [5.41, 5.74) is 4.44. The van der Waals surface area contributed by atoms with Crippen molar-refractivity contribution in [2.75, 3.05) is 50.1 Å². The molecule has 2 aliphatic heterocycles. The van der Waals surface area contributed by atoms with Crippen LogP contribution in [-0.4, -0.2) is 71.9 Å². The molecule has 6 rings (SSSR count). The van der Waals surface area contributed by atoms with E-state index in [1.165, 1.54) is 17.7 Å². The second-order valence-electron chi connectivity index (χ2n) is 9.48. The standard InChI is InChI=1S/C26H29FN6O2S/c1-16(21-4-3-11-34-21)35-22-13-17(33-9-7-32(2)8-10-33)12-20-23(22)26(29-14-28-20)31-18-5-6-19-25(24(18)27)36-15-30-19/h5-6,12-16,21H,3-4,7-11H2,1-2H3,(H,28,29,31)/t16-,21-/m1/s1. The number of nitrogens with one attached hydrogen (secondary N) is 1. The number of benzene rings is 2. The van der Waals surface area contributed by atoms with Gasteiger partial charge in [0.2, 0.25) is 0 Å². The zero-order valence-corrected chi connectivity index (χ0v) is 21.2. The monoisotopic (exact) mass is 508 g/mol. The number of hydrogen-bond acceptors (Lipinski definition) is 9. The van der Waals surface area contributed by atoms with Gasteiger partial charge in [-0.2, -0.15) is 0 Å². The van der Waals surface area contributed by atoms with Gasteiger partial charge in [-0.05, 0) is 45.0 Å². The fourth-order valence-electron chi connectivity index (χ4n) is 4.94. The number of halogens is 1. The summed E-state index contributed by atoms with van der Waals surface area (Å²) in [5, 5.41) is 3.93. The zero-order valence-electron chi connectivity index (χ0n) is 20.4. The normalized spacial score (nSPS) is 19.8. The van der Waals surface area contributed by atoms with Crippen molar-refractivity contribution in [3.05, 3.63) is 41.9 Å². The molecule has 0 aliphatic carbocycles. The number of anilines is 3. The number of fused-ring (bicyclic) bond motifs is 2. The van der Waals surface area contributed by atoms with E-state index in [1.54, 1.807) is 11.6 Å². The van der Waals surface area contributed by atoms with Crippen LogP contribution in [-0.2, 0) is 4.74 Å². The van der Waals surface area contributed by atoms with Crippen LogP contribution in [0.15, 0.2) is 36.1 Å². The molecule has 2 saturated heterocycles. The lowest BCUT2D eigenvalue weighted by Gasteiger charge is -2.34. The molecule has 2 aromatic carbocycles. The first-order valence-corrected chi connectivity index (χ1v) is 13.2. The van der Waals surface area contributed by atoms with Gasteiger partial charge in [-0.3, -0.25) is 0 Å². The minimum absolute atomic E-state index is 0.0413. The molecule has 2 atom stereocenters. The topological polar surface area (TPSA) is 75.6 Å². The number of aromatic nitrogens is 3. The minimum atomic E-state index is -0.342. The average molecular weight is 509 g/mol. The summed E-state index contributed by atoms with van der Waals surface area (Å²) in [4.78, 5) is 18.0. The lowest BCUT2D eigenvalue weighted by molar-refractivity contribution is 0.0221. The Bertz CT molecular complexity index is 1380. The first-order chi connectivity index (χ1) is 17.6. The first kappa shape index (κ1) is 23.3. The van der Waals surface area contributed by atoms with Crippen molar-refractivity contribution in [2.24, 2.45) is 0 Å². The highest BCUT2D eigenvalue weighted by atomic mass is 32.1. The van der Waals surface area contributed by atoms with Gasteiger partial charge in [-0.25, -0.2) is 19.3 Å². The minimum Gasteiger partial charge on any atom is -0.487 e. The molecule has 0 saturated carbocycles. The summed E-state index contributed by atoms with van der Waals surface area (Å²) in [6.07, 6.45) is 3.42. The van der Waals surface area contributed by atoms with E-state index in [4.69, 9.17) is 9.47 Å². The van der Waals surface area contributed by atoms with Crippen molar-refractivity contribution in [3.63, 3.8) is 0 Å². The Balaban J connectivity index is 1.42. The van der Waals surface area contributed by atoms with Crippen molar-refractivity contribution in [2.45, 2.75) is 32.0 Å². The van der Waals surface area contributed by atoms with Crippen LogP contribution in [0.3, 0.4) is 0 Å². The second-order valence-corrected chi connectivity index (χ2v) is 10.3. The Morgan fingerprint density at radius 2 is 2.00 bits per heavy atom. The average Bonchev–Trinajstić information content (AvgIpc) is 3.59. The number of hydrogen-bond donors (Lipinski definition) is 1. The number of likely N-dealkylation sites (N-methyl/N-ethyl adjacent to an activating group) is 1.